The average Bonchev–Trinajstić information content (AvgIpc) is 3.39. The van der Waals surface area contributed by atoms with E-state index in [-0.39, 0.29) is 6.61 Å². The van der Waals surface area contributed by atoms with Crippen LogP contribution in [0, 0.1) is 13.8 Å². The van der Waals surface area contributed by atoms with E-state index in [0.717, 1.165) is 22.4 Å². The van der Waals surface area contributed by atoms with Crippen LogP contribution in [0.15, 0.2) is 44.7 Å². The molecule has 0 aliphatic carbocycles. The van der Waals surface area contributed by atoms with E-state index in [1.54, 1.807) is 11.3 Å². The third kappa shape index (κ3) is 4.18. The number of aromatic nitrogens is 5. The summed E-state index contributed by atoms with van der Waals surface area (Å²) in [5.74, 6) is 8.94. The van der Waals surface area contributed by atoms with Crippen molar-refractivity contribution < 1.29 is 9.26 Å². The lowest BCUT2D eigenvalue weighted by Crippen LogP contribution is -2.15. The van der Waals surface area contributed by atoms with Gasteiger partial charge in [0.05, 0.1) is 5.75 Å². The highest BCUT2D eigenvalue weighted by Gasteiger charge is 2.14. The summed E-state index contributed by atoms with van der Waals surface area (Å²) < 4.78 is 12.5. The average molecular weight is 415 g/mol. The van der Waals surface area contributed by atoms with Crippen LogP contribution in [-0.4, -0.2) is 25.0 Å². The van der Waals surface area contributed by atoms with Gasteiger partial charge in [-0.3, -0.25) is 0 Å². The van der Waals surface area contributed by atoms with Crippen molar-refractivity contribution in [3.8, 4) is 17.1 Å². The van der Waals surface area contributed by atoms with E-state index in [1.807, 2.05) is 42.8 Å². The van der Waals surface area contributed by atoms with Crippen LogP contribution in [0.5, 0.6) is 5.75 Å². The molecular weight excluding hydrogens is 396 g/mol. The quantitative estimate of drug-likeness (QED) is 0.361. The molecule has 0 fully saturated rings. The molecule has 3 aromatic heterocycles. The fourth-order valence-corrected chi connectivity index (χ4v) is 3.96. The van der Waals surface area contributed by atoms with Crippen LogP contribution >= 0.6 is 23.1 Å². The zero-order valence-electron chi connectivity index (χ0n) is 15.3. The Morgan fingerprint density at radius 2 is 2.04 bits per heavy atom. The molecule has 3 heterocycles. The molecule has 144 valence electrons. The standard InChI is InChI=1S/C18H18N6O2S2/c1-11-5-12(2)7-14(6-11)25-8-15-21-22-18(24(15)19)28-10-16-20-17(23-26-16)13-3-4-27-9-13/h3-7,9H,8,10,19H2,1-2H3. The molecule has 10 heteroatoms. The molecule has 0 radical (unpaired) electrons. The van der Waals surface area contributed by atoms with Crippen molar-refractivity contribution >= 4 is 23.1 Å². The Morgan fingerprint density at radius 3 is 2.79 bits per heavy atom. The molecule has 0 atom stereocenters. The highest BCUT2D eigenvalue weighted by atomic mass is 32.2. The van der Waals surface area contributed by atoms with Gasteiger partial charge in [0.25, 0.3) is 0 Å². The molecule has 1 aromatic carbocycles. The number of thioether (sulfide) groups is 1. The molecule has 0 unspecified atom stereocenters. The number of nitrogens with two attached hydrogens (primary N) is 1. The van der Waals surface area contributed by atoms with Crippen LogP contribution in [0.25, 0.3) is 11.4 Å². The van der Waals surface area contributed by atoms with Gasteiger partial charge in [0.2, 0.25) is 16.9 Å². The SMILES string of the molecule is Cc1cc(C)cc(OCc2nnc(SCc3nc(-c4ccsc4)no3)n2N)c1. The molecule has 0 aliphatic heterocycles. The lowest BCUT2D eigenvalue weighted by atomic mass is 10.1. The number of aryl methyl sites for hydroxylation is 2. The fraction of sp³-hybridized carbons (Fsp3) is 0.222. The van der Waals surface area contributed by atoms with E-state index >= 15 is 0 Å². The Balaban J connectivity index is 1.37. The van der Waals surface area contributed by atoms with Crippen LogP contribution < -0.4 is 10.6 Å². The van der Waals surface area contributed by atoms with Gasteiger partial charge in [-0.05, 0) is 48.6 Å². The maximum Gasteiger partial charge on any atom is 0.237 e. The van der Waals surface area contributed by atoms with Crippen LogP contribution in [0.1, 0.15) is 22.8 Å². The highest BCUT2D eigenvalue weighted by molar-refractivity contribution is 7.98. The van der Waals surface area contributed by atoms with Crippen molar-refractivity contribution in [1.29, 1.82) is 0 Å². The van der Waals surface area contributed by atoms with Crippen LogP contribution in [0.3, 0.4) is 0 Å². The number of nitrogen functional groups attached to an aromatic ring is 1. The van der Waals surface area contributed by atoms with Crippen molar-refractivity contribution in [2.45, 2.75) is 31.4 Å². The number of rotatable bonds is 7. The maximum atomic E-state index is 6.10. The molecule has 0 saturated heterocycles. The minimum atomic E-state index is 0.232. The molecule has 8 nitrogen and oxygen atoms in total. The second-order valence-electron chi connectivity index (χ2n) is 6.19. The molecular formula is C18H18N6O2S2. The van der Waals surface area contributed by atoms with Crippen molar-refractivity contribution in [2.75, 3.05) is 5.84 Å². The summed E-state index contributed by atoms with van der Waals surface area (Å²) in [4.78, 5) is 4.38. The second kappa shape index (κ2) is 8.03. The monoisotopic (exact) mass is 414 g/mol. The van der Waals surface area contributed by atoms with E-state index in [0.29, 0.717) is 28.4 Å². The molecule has 0 bridgehead atoms. The molecule has 28 heavy (non-hydrogen) atoms. The first kappa shape index (κ1) is 18.5. The number of nitrogens with zero attached hydrogens (tertiary/aromatic N) is 5. The van der Waals surface area contributed by atoms with Gasteiger partial charge in [0.15, 0.2) is 5.82 Å². The first-order chi connectivity index (χ1) is 13.6. The third-order valence-electron chi connectivity index (χ3n) is 3.87. The zero-order chi connectivity index (χ0) is 19.5. The lowest BCUT2D eigenvalue weighted by Gasteiger charge is -2.08. The zero-order valence-corrected chi connectivity index (χ0v) is 17.0. The van der Waals surface area contributed by atoms with Gasteiger partial charge in [-0.2, -0.15) is 16.3 Å². The van der Waals surface area contributed by atoms with Gasteiger partial charge in [0.1, 0.15) is 12.4 Å². The minimum Gasteiger partial charge on any atom is -0.486 e. The molecule has 4 aromatic rings. The fourth-order valence-electron chi connectivity index (χ4n) is 2.62. The van der Waals surface area contributed by atoms with Crippen molar-refractivity contribution in [1.82, 2.24) is 25.0 Å². The summed E-state index contributed by atoms with van der Waals surface area (Å²) in [5, 5.41) is 16.7. The number of ether oxygens (including phenoxy) is 1. The molecule has 0 saturated carbocycles. The molecule has 0 amide bonds. The first-order valence-electron chi connectivity index (χ1n) is 8.47. The predicted octanol–water partition coefficient (Wildman–Crippen LogP) is 3.59. The normalized spacial score (nSPS) is 11.1. The Bertz CT molecular complexity index is 1050. The molecule has 4 rings (SSSR count). The molecule has 2 N–H and O–H groups in total. The number of benzene rings is 1. The summed E-state index contributed by atoms with van der Waals surface area (Å²) in [6.45, 7) is 4.29. The lowest BCUT2D eigenvalue weighted by molar-refractivity contribution is 0.291. The maximum absolute atomic E-state index is 6.10. The van der Waals surface area contributed by atoms with Gasteiger partial charge >= 0.3 is 0 Å². The van der Waals surface area contributed by atoms with Crippen LogP contribution in [-0.2, 0) is 12.4 Å². The first-order valence-corrected chi connectivity index (χ1v) is 10.4. The van der Waals surface area contributed by atoms with E-state index in [1.165, 1.54) is 16.4 Å². The Morgan fingerprint density at radius 1 is 1.21 bits per heavy atom. The summed E-state index contributed by atoms with van der Waals surface area (Å²) >= 11 is 2.96. The third-order valence-corrected chi connectivity index (χ3v) is 5.48. The predicted molar refractivity (Wildman–Crippen MR) is 108 cm³/mol. The van der Waals surface area contributed by atoms with Crippen molar-refractivity contribution in [3.05, 3.63) is 57.9 Å². The molecule has 0 aliphatic rings. The topological polar surface area (TPSA) is 105 Å². The van der Waals surface area contributed by atoms with E-state index in [4.69, 9.17) is 15.1 Å². The Kier molecular flexibility index (Phi) is 5.31. The molecule has 0 spiro atoms. The highest BCUT2D eigenvalue weighted by Crippen LogP contribution is 2.23. The Labute approximate surface area is 169 Å². The van der Waals surface area contributed by atoms with Gasteiger partial charge in [-0.25, -0.2) is 4.68 Å². The Hall–Kier alpha value is -2.85. The van der Waals surface area contributed by atoms with Crippen LogP contribution in [0.2, 0.25) is 0 Å². The van der Waals surface area contributed by atoms with Gasteiger partial charge in [-0.15, -0.1) is 10.2 Å². The summed E-state index contributed by atoms with van der Waals surface area (Å²) in [7, 11) is 0. The number of hydrogen-bond acceptors (Lipinski definition) is 9. The second-order valence-corrected chi connectivity index (χ2v) is 7.92. The van der Waals surface area contributed by atoms with E-state index in [9.17, 15) is 0 Å². The van der Waals surface area contributed by atoms with Gasteiger partial charge in [-0.1, -0.05) is 23.0 Å². The summed E-state index contributed by atoms with van der Waals surface area (Å²) in [6, 6.07) is 7.99. The van der Waals surface area contributed by atoms with Gasteiger partial charge in [0, 0.05) is 10.9 Å². The largest absolute Gasteiger partial charge is 0.486 e. The van der Waals surface area contributed by atoms with E-state index < -0.39 is 0 Å². The van der Waals surface area contributed by atoms with Crippen LogP contribution in [0.4, 0.5) is 0 Å². The number of hydrogen-bond donors (Lipinski definition) is 1. The van der Waals surface area contributed by atoms with Crippen molar-refractivity contribution in [3.63, 3.8) is 0 Å². The summed E-state index contributed by atoms with van der Waals surface area (Å²) in [6.07, 6.45) is 0. The number of thiophene rings is 1. The van der Waals surface area contributed by atoms with Crippen molar-refractivity contribution in [2.24, 2.45) is 0 Å². The summed E-state index contributed by atoms with van der Waals surface area (Å²) in [5.41, 5.74) is 3.22. The minimum absolute atomic E-state index is 0.232. The van der Waals surface area contributed by atoms with Gasteiger partial charge < -0.3 is 15.1 Å². The smallest absolute Gasteiger partial charge is 0.237 e. The van der Waals surface area contributed by atoms with E-state index in [2.05, 4.69) is 26.4 Å².